The Kier molecular flexibility index (Phi) is 6.70. The molecule has 0 radical (unpaired) electrons. The van der Waals surface area contributed by atoms with Crippen LogP contribution < -0.4 is 5.62 Å². The molecule has 0 N–H and O–H groups in total. The molecule has 0 aliphatic rings. The third kappa shape index (κ3) is 5.39. The van der Waals surface area contributed by atoms with E-state index in [2.05, 4.69) is 76.7 Å². The summed E-state index contributed by atoms with van der Waals surface area (Å²) in [7, 11) is 4.17. The zero-order chi connectivity index (χ0) is 18.3. The summed E-state index contributed by atoms with van der Waals surface area (Å²) in [6, 6.07) is 9.68. The largest absolute Gasteiger partial charge is 0.316 e. The molecule has 2 aromatic rings. The van der Waals surface area contributed by atoms with Crippen molar-refractivity contribution in [2.45, 2.75) is 45.7 Å². The average molecular weight is 342 g/mol. The van der Waals surface area contributed by atoms with E-state index in [1.165, 1.54) is 0 Å². The highest BCUT2D eigenvalue weighted by Gasteiger charge is 2.23. The first-order chi connectivity index (χ1) is 11.9. The van der Waals surface area contributed by atoms with E-state index in [0.29, 0.717) is 0 Å². The number of rotatable bonds is 8. The molecule has 0 spiro atoms. The topological polar surface area (TPSA) is 50.2 Å². The summed E-state index contributed by atoms with van der Waals surface area (Å²) in [6.45, 7) is 8.46. The smallest absolute Gasteiger partial charge is 0.232 e. The van der Waals surface area contributed by atoms with Gasteiger partial charge in [0.15, 0.2) is 0 Å². The van der Waals surface area contributed by atoms with Crippen molar-refractivity contribution >= 4 is 5.69 Å². The molecule has 136 valence electrons. The number of likely N-dealkylation sites (N-methyl/N-ethyl adjacent to an activating group) is 1. The number of hydrogen-bond donors (Lipinski definition) is 0. The van der Waals surface area contributed by atoms with Gasteiger partial charge in [-0.15, -0.1) is 5.11 Å². The molecule has 0 unspecified atom stereocenters. The maximum absolute atomic E-state index is 4.45. The van der Waals surface area contributed by atoms with E-state index >= 15 is 0 Å². The van der Waals surface area contributed by atoms with Gasteiger partial charge in [-0.2, -0.15) is 0 Å². The Balaban J connectivity index is 2.39. The minimum absolute atomic E-state index is 0.0952. The lowest BCUT2D eigenvalue weighted by atomic mass is 10.1. The lowest BCUT2D eigenvalue weighted by Gasteiger charge is -2.29. The summed E-state index contributed by atoms with van der Waals surface area (Å²) in [5.74, 6) is 0. The van der Waals surface area contributed by atoms with Gasteiger partial charge < -0.3 is 14.0 Å². The lowest BCUT2D eigenvalue weighted by molar-refractivity contribution is 0.232. The van der Waals surface area contributed by atoms with Crippen LogP contribution in [0.15, 0.2) is 58.2 Å². The first-order valence-corrected chi connectivity index (χ1v) is 8.87. The first kappa shape index (κ1) is 19.1. The molecule has 1 aromatic carbocycles. The number of benzene rings is 1. The number of nitrogens with zero attached hydrogens (tertiary/aromatic N) is 6. The average Bonchev–Trinajstić information content (AvgIpc) is 2.96. The first-order valence-electron chi connectivity index (χ1n) is 8.87. The molecular formula is C19H30N6. The van der Waals surface area contributed by atoms with Crippen LogP contribution in [-0.4, -0.2) is 34.7 Å². The number of aromatic nitrogens is 2. The van der Waals surface area contributed by atoms with E-state index in [-0.39, 0.29) is 5.54 Å². The molecule has 6 heteroatoms. The van der Waals surface area contributed by atoms with Crippen molar-refractivity contribution in [3.05, 3.63) is 48.3 Å². The molecule has 0 saturated heterocycles. The predicted molar refractivity (Wildman–Crippen MR) is 102 cm³/mol. The van der Waals surface area contributed by atoms with Crippen molar-refractivity contribution in [2.75, 3.05) is 20.6 Å². The van der Waals surface area contributed by atoms with Gasteiger partial charge in [-0.1, -0.05) is 36.6 Å². The molecule has 0 fully saturated rings. The Morgan fingerprint density at radius 2 is 1.80 bits per heavy atom. The molecule has 0 saturated carbocycles. The molecule has 25 heavy (non-hydrogen) atoms. The Morgan fingerprint density at radius 3 is 2.44 bits per heavy atom. The van der Waals surface area contributed by atoms with E-state index in [0.717, 1.165) is 37.2 Å². The molecule has 0 aliphatic heterocycles. The summed E-state index contributed by atoms with van der Waals surface area (Å²) in [4.78, 5) is 2.19. The van der Waals surface area contributed by atoms with Gasteiger partial charge >= 0.3 is 0 Å². The summed E-state index contributed by atoms with van der Waals surface area (Å²) in [5.41, 5.74) is 1.54. The summed E-state index contributed by atoms with van der Waals surface area (Å²) in [6.07, 6.45) is 6.44. The molecule has 0 amide bonds. The normalized spacial score (nSPS) is 13.3. The molecule has 6 nitrogen and oxygen atoms in total. The molecule has 1 heterocycles. The van der Waals surface area contributed by atoms with Gasteiger partial charge in [-0.25, -0.2) is 0 Å². The van der Waals surface area contributed by atoms with Crippen LogP contribution in [0.3, 0.4) is 0 Å². The highest BCUT2D eigenvalue weighted by molar-refractivity contribution is 5.34. The van der Waals surface area contributed by atoms with Crippen LogP contribution in [0.5, 0.6) is 0 Å². The number of imidazole rings is 1. The third-order valence-corrected chi connectivity index (χ3v) is 4.03. The van der Waals surface area contributed by atoms with Crippen molar-refractivity contribution in [1.82, 2.24) is 14.0 Å². The van der Waals surface area contributed by atoms with Gasteiger partial charge in [0.05, 0.1) is 11.2 Å². The van der Waals surface area contributed by atoms with E-state index in [1.807, 2.05) is 30.3 Å². The van der Waals surface area contributed by atoms with Crippen molar-refractivity contribution in [3.8, 4) is 0 Å². The van der Waals surface area contributed by atoms with Crippen LogP contribution >= 0.6 is 0 Å². The van der Waals surface area contributed by atoms with Crippen LogP contribution in [-0.2, 0) is 12.1 Å². The zero-order valence-corrected chi connectivity index (χ0v) is 16.1. The minimum Gasteiger partial charge on any atom is -0.316 e. The van der Waals surface area contributed by atoms with E-state index < -0.39 is 0 Å². The zero-order valence-electron chi connectivity index (χ0n) is 16.1. The molecule has 0 aliphatic carbocycles. The van der Waals surface area contributed by atoms with E-state index in [1.54, 1.807) is 0 Å². The summed E-state index contributed by atoms with van der Waals surface area (Å²) < 4.78 is 4.34. The Labute approximate surface area is 150 Å². The molecule has 0 atom stereocenters. The molecule has 0 bridgehead atoms. The molecular weight excluding hydrogens is 312 g/mol. The SMILES string of the molecule is CCCCn1ccn(C(C)(C)CN(C)C)/c1=N\N=Nc1ccccc1. The summed E-state index contributed by atoms with van der Waals surface area (Å²) >= 11 is 0. The summed E-state index contributed by atoms with van der Waals surface area (Å²) in [5, 5.41) is 12.8. The van der Waals surface area contributed by atoms with E-state index in [4.69, 9.17) is 0 Å². The van der Waals surface area contributed by atoms with Crippen molar-refractivity contribution in [3.63, 3.8) is 0 Å². The second-order valence-corrected chi connectivity index (χ2v) is 7.19. The third-order valence-electron chi connectivity index (χ3n) is 4.03. The van der Waals surface area contributed by atoms with Crippen LogP contribution in [0.1, 0.15) is 33.6 Å². The predicted octanol–water partition coefficient (Wildman–Crippen LogP) is 3.99. The van der Waals surface area contributed by atoms with Crippen molar-refractivity contribution < 1.29 is 0 Å². The van der Waals surface area contributed by atoms with Crippen molar-refractivity contribution in [2.24, 2.45) is 15.4 Å². The highest BCUT2D eigenvalue weighted by Crippen LogP contribution is 2.14. The maximum atomic E-state index is 4.45. The van der Waals surface area contributed by atoms with Crippen LogP contribution in [0, 0.1) is 0 Å². The monoisotopic (exact) mass is 342 g/mol. The van der Waals surface area contributed by atoms with Gasteiger partial charge in [0, 0.05) is 25.5 Å². The number of hydrogen-bond acceptors (Lipinski definition) is 3. The van der Waals surface area contributed by atoms with Gasteiger partial charge in [-0.05, 0) is 51.7 Å². The second-order valence-electron chi connectivity index (χ2n) is 7.19. The fraction of sp³-hybridized carbons (Fsp3) is 0.526. The van der Waals surface area contributed by atoms with Gasteiger partial charge in [0.25, 0.3) is 0 Å². The maximum Gasteiger partial charge on any atom is 0.232 e. The number of aryl methyl sites for hydroxylation is 1. The van der Waals surface area contributed by atoms with Crippen LogP contribution in [0.4, 0.5) is 5.69 Å². The number of unbranched alkanes of at least 4 members (excludes halogenated alkanes) is 1. The molecule has 2 rings (SSSR count). The Morgan fingerprint density at radius 1 is 1.08 bits per heavy atom. The highest BCUT2D eigenvalue weighted by atomic mass is 15.4. The van der Waals surface area contributed by atoms with Crippen LogP contribution in [0.2, 0.25) is 0 Å². The van der Waals surface area contributed by atoms with Gasteiger partial charge in [-0.3, -0.25) is 0 Å². The van der Waals surface area contributed by atoms with Gasteiger partial charge in [0.2, 0.25) is 5.62 Å². The Bertz CT molecular complexity index is 737. The second kappa shape index (κ2) is 8.76. The standard InChI is InChI=1S/C19H30N6/c1-6-7-13-24-14-15-25(19(2,3)16-23(4)5)18(24)21-22-20-17-11-9-8-10-12-17/h8-12,14-15H,6-7,13,16H2,1-5H3/b21-18-,22-20?. The van der Waals surface area contributed by atoms with Gasteiger partial charge in [0.1, 0.15) is 0 Å². The van der Waals surface area contributed by atoms with Crippen molar-refractivity contribution in [1.29, 1.82) is 0 Å². The minimum atomic E-state index is -0.0952. The Hall–Kier alpha value is -2.21. The fourth-order valence-electron chi connectivity index (χ4n) is 2.96. The lowest BCUT2D eigenvalue weighted by Crippen LogP contribution is -2.44. The van der Waals surface area contributed by atoms with Crippen LogP contribution in [0.25, 0.3) is 0 Å². The molecule has 1 aromatic heterocycles. The quantitative estimate of drug-likeness (QED) is 0.529. The van der Waals surface area contributed by atoms with E-state index in [9.17, 15) is 0 Å². The fourth-order valence-corrected chi connectivity index (χ4v) is 2.96.